The topological polar surface area (TPSA) is 88.6 Å². The summed E-state index contributed by atoms with van der Waals surface area (Å²) >= 11 is 0. The maximum Gasteiger partial charge on any atom is 0.317 e. The number of carbonyl (C=O) groups is 1. The van der Waals surface area contributed by atoms with E-state index in [1.807, 2.05) is 4.90 Å². The molecule has 0 spiro atoms. The monoisotopic (exact) mass is 349 g/mol. The van der Waals surface area contributed by atoms with Gasteiger partial charge in [0.1, 0.15) is 0 Å². The molecular formula is C17H27N5O3. The molecule has 2 aliphatic heterocycles. The van der Waals surface area contributed by atoms with Crippen molar-refractivity contribution in [2.24, 2.45) is 0 Å². The number of hydrogen-bond acceptors (Lipinski definition) is 6. The van der Waals surface area contributed by atoms with Gasteiger partial charge in [0.2, 0.25) is 5.95 Å². The third kappa shape index (κ3) is 5.82. The molecule has 2 aliphatic rings. The van der Waals surface area contributed by atoms with Gasteiger partial charge in [0.15, 0.2) is 0 Å². The van der Waals surface area contributed by atoms with E-state index in [0.717, 1.165) is 38.9 Å². The minimum absolute atomic E-state index is 0.0678. The van der Waals surface area contributed by atoms with Gasteiger partial charge < -0.3 is 25.0 Å². The number of nitrogens with zero attached hydrogens (tertiary/aromatic N) is 3. The molecule has 2 amide bonds. The average Bonchev–Trinajstić information content (AvgIpc) is 3.33. The molecule has 8 heteroatoms. The summed E-state index contributed by atoms with van der Waals surface area (Å²) in [7, 11) is 0. The Hall–Kier alpha value is -1.93. The van der Waals surface area contributed by atoms with Crippen molar-refractivity contribution in [3.63, 3.8) is 0 Å². The van der Waals surface area contributed by atoms with Crippen LogP contribution >= 0.6 is 0 Å². The molecular weight excluding hydrogens is 322 g/mol. The second-order valence-electron chi connectivity index (χ2n) is 6.41. The second-order valence-corrected chi connectivity index (χ2v) is 6.41. The zero-order valence-corrected chi connectivity index (χ0v) is 14.5. The summed E-state index contributed by atoms with van der Waals surface area (Å²) < 4.78 is 11.4. The van der Waals surface area contributed by atoms with E-state index in [4.69, 9.17) is 9.47 Å². The first-order valence-electron chi connectivity index (χ1n) is 9.08. The van der Waals surface area contributed by atoms with Gasteiger partial charge in [-0.3, -0.25) is 0 Å². The van der Waals surface area contributed by atoms with E-state index >= 15 is 0 Å². The highest BCUT2D eigenvalue weighted by molar-refractivity contribution is 5.74. The number of rotatable bonds is 8. The average molecular weight is 349 g/mol. The Morgan fingerprint density at radius 2 is 1.72 bits per heavy atom. The van der Waals surface area contributed by atoms with Gasteiger partial charge in [-0.05, 0) is 31.7 Å². The van der Waals surface area contributed by atoms with Gasteiger partial charge >= 0.3 is 6.03 Å². The Morgan fingerprint density at radius 1 is 1.08 bits per heavy atom. The normalized spacial score (nSPS) is 22.7. The van der Waals surface area contributed by atoms with Gasteiger partial charge in [-0.15, -0.1) is 0 Å². The molecule has 138 valence electrons. The van der Waals surface area contributed by atoms with Crippen LogP contribution in [0.2, 0.25) is 0 Å². The summed E-state index contributed by atoms with van der Waals surface area (Å²) in [4.78, 5) is 22.6. The highest BCUT2D eigenvalue weighted by Crippen LogP contribution is 2.17. The van der Waals surface area contributed by atoms with Crippen molar-refractivity contribution in [3.8, 4) is 0 Å². The van der Waals surface area contributed by atoms with Crippen LogP contribution in [-0.2, 0) is 9.47 Å². The molecule has 0 aromatic carbocycles. The predicted molar refractivity (Wildman–Crippen MR) is 93.4 cm³/mol. The van der Waals surface area contributed by atoms with E-state index in [9.17, 15) is 4.79 Å². The highest BCUT2D eigenvalue weighted by atomic mass is 16.5. The molecule has 2 atom stereocenters. The Kier molecular flexibility index (Phi) is 6.81. The predicted octanol–water partition coefficient (Wildman–Crippen LogP) is 1.26. The maximum atomic E-state index is 12.6. The molecule has 0 aliphatic carbocycles. The molecule has 1 aromatic rings. The molecule has 0 saturated carbocycles. The Morgan fingerprint density at radius 3 is 2.28 bits per heavy atom. The Labute approximate surface area is 148 Å². The fourth-order valence-corrected chi connectivity index (χ4v) is 3.15. The smallest absolute Gasteiger partial charge is 0.317 e. The highest BCUT2D eigenvalue weighted by Gasteiger charge is 2.26. The first-order valence-corrected chi connectivity index (χ1v) is 9.08. The van der Waals surface area contributed by atoms with Crippen LogP contribution in [0.15, 0.2) is 18.5 Å². The molecule has 3 rings (SSSR count). The summed E-state index contributed by atoms with van der Waals surface area (Å²) in [5.41, 5.74) is 0. The van der Waals surface area contributed by atoms with Crippen molar-refractivity contribution in [2.45, 2.75) is 37.9 Å². The molecule has 0 bridgehead atoms. The third-order valence-corrected chi connectivity index (χ3v) is 4.43. The van der Waals surface area contributed by atoms with Crippen molar-refractivity contribution < 1.29 is 14.3 Å². The summed E-state index contributed by atoms with van der Waals surface area (Å²) in [6, 6.07) is 1.70. The SMILES string of the molecule is O=C(NCCNc1ncccn1)N(CC1CCCO1)CC1CCCO1. The van der Waals surface area contributed by atoms with E-state index < -0.39 is 0 Å². The Balaban J connectivity index is 1.43. The van der Waals surface area contributed by atoms with Gasteiger partial charge in [0.05, 0.1) is 12.2 Å². The summed E-state index contributed by atoms with van der Waals surface area (Å²) in [5.74, 6) is 0.562. The molecule has 8 nitrogen and oxygen atoms in total. The molecule has 2 unspecified atom stereocenters. The molecule has 1 aromatic heterocycles. The quantitative estimate of drug-likeness (QED) is 0.687. The van der Waals surface area contributed by atoms with Crippen LogP contribution in [0.4, 0.5) is 10.7 Å². The number of ether oxygens (including phenoxy) is 2. The van der Waals surface area contributed by atoms with Gasteiger partial charge in [-0.25, -0.2) is 14.8 Å². The van der Waals surface area contributed by atoms with E-state index in [1.54, 1.807) is 18.5 Å². The lowest BCUT2D eigenvalue weighted by molar-refractivity contribution is 0.0499. The van der Waals surface area contributed by atoms with Crippen LogP contribution in [0.5, 0.6) is 0 Å². The number of anilines is 1. The van der Waals surface area contributed by atoms with E-state index in [1.165, 1.54) is 0 Å². The molecule has 0 radical (unpaired) electrons. The zero-order valence-electron chi connectivity index (χ0n) is 14.5. The van der Waals surface area contributed by atoms with E-state index in [2.05, 4.69) is 20.6 Å². The van der Waals surface area contributed by atoms with E-state index in [-0.39, 0.29) is 18.2 Å². The van der Waals surface area contributed by atoms with Gasteiger partial charge in [0.25, 0.3) is 0 Å². The van der Waals surface area contributed by atoms with Crippen LogP contribution in [0.1, 0.15) is 25.7 Å². The van der Waals surface area contributed by atoms with Crippen LogP contribution in [0.25, 0.3) is 0 Å². The van der Waals surface area contributed by atoms with Crippen LogP contribution in [0.3, 0.4) is 0 Å². The van der Waals surface area contributed by atoms with Crippen molar-refractivity contribution in [3.05, 3.63) is 18.5 Å². The number of urea groups is 1. The second kappa shape index (κ2) is 9.53. The Bertz CT molecular complexity index is 500. The largest absolute Gasteiger partial charge is 0.376 e. The number of aromatic nitrogens is 2. The van der Waals surface area contributed by atoms with Crippen molar-refractivity contribution in [1.29, 1.82) is 0 Å². The molecule has 2 fully saturated rings. The lowest BCUT2D eigenvalue weighted by Gasteiger charge is -2.28. The molecule has 2 saturated heterocycles. The first kappa shape index (κ1) is 17.9. The lowest BCUT2D eigenvalue weighted by Crippen LogP contribution is -2.47. The van der Waals surface area contributed by atoms with Crippen LogP contribution < -0.4 is 10.6 Å². The zero-order chi connectivity index (χ0) is 17.3. The minimum atomic E-state index is -0.0678. The van der Waals surface area contributed by atoms with Gasteiger partial charge in [0, 0.05) is 51.8 Å². The third-order valence-electron chi connectivity index (χ3n) is 4.43. The summed E-state index contributed by atoms with van der Waals surface area (Å²) in [6.45, 7) is 3.91. The molecule has 25 heavy (non-hydrogen) atoms. The number of hydrogen-bond donors (Lipinski definition) is 2. The number of carbonyl (C=O) groups excluding carboxylic acids is 1. The maximum absolute atomic E-state index is 12.6. The van der Waals surface area contributed by atoms with Crippen molar-refractivity contribution in [1.82, 2.24) is 20.2 Å². The minimum Gasteiger partial charge on any atom is -0.376 e. The lowest BCUT2D eigenvalue weighted by atomic mass is 10.2. The standard InChI is InChI=1S/C17H27N5O3/c23-17(21-9-8-20-16-18-6-3-7-19-16)22(12-14-4-1-10-24-14)13-15-5-2-11-25-15/h3,6-7,14-15H,1-2,4-5,8-13H2,(H,21,23)(H,18,19,20). The van der Waals surface area contributed by atoms with Gasteiger partial charge in [-0.1, -0.05) is 0 Å². The van der Waals surface area contributed by atoms with Crippen molar-refractivity contribution in [2.75, 3.05) is 44.7 Å². The fraction of sp³-hybridized carbons (Fsp3) is 0.706. The first-order chi connectivity index (χ1) is 12.3. The van der Waals surface area contributed by atoms with Crippen LogP contribution in [0, 0.1) is 0 Å². The number of nitrogens with one attached hydrogen (secondary N) is 2. The van der Waals surface area contributed by atoms with Crippen LogP contribution in [-0.4, -0.2) is 72.5 Å². The summed E-state index contributed by atoms with van der Waals surface area (Å²) in [5, 5.41) is 6.04. The molecule has 2 N–H and O–H groups in total. The summed E-state index contributed by atoms with van der Waals surface area (Å²) in [6.07, 6.45) is 7.82. The van der Waals surface area contributed by atoms with E-state index in [0.29, 0.717) is 32.1 Å². The van der Waals surface area contributed by atoms with Gasteiger partial charge in [-0.2, -0.15) is 0 Å². The fourth-order valence-electron chi connectivity index (χ4n) is 3.15. The van der Waals surface area contributed by atoms with Crippen molar-refractivity contribution >= 4 is 12.0 Å². The molecule has 3 heterocycles. The number of amides is 2.